The lowest BCUT2D eigenvalue weighted by Crippen LogP contribution is -2.27. The van der Waals surface area contributed by atoms with Gasteiger partial charge in [-0.25, -0.2) is 0 Å². The van der Waals surface area contributed by atoms with Gasteiger partial charge in [0.2, 0.25) is 0 Å². The first-order chi connectivity index (χ1) is 25.2. The van der Waals surface area contributed by atoms with Gasteiger partial charge in [0.05, 0.1) is 13.2 Å². The van der Waals surface area contributed by atoms with Crippen LogP contribution >= 0.6 is 0 Å². The van der Waals surface area contributed by atoms with Gasteiger partial charge in [0.25, 0.3) is 0 Å². The van der Waals surface area contributed by atoms with Gasteiger partial charge in [-0.3, -0.25) is 4.79 Å². The molecule has 0 aliphatic carbocycles. The van der Waals surface area contributed by atoms with E-state index in [2.05, 4.69) is 26.0 Å². The van der Waals surface area contributed by atoms with Gasteiger partial charge in [-0.15, -0.1) is 0 Å². The van der Waals surface area contributed by atoms with Crippen molar-refractivity contribution in [2.24, 2.45) is 0 Å². The first kappa shape index (κ1) is 50.1. The zero-order chi connectivity index (χ0) is 37.0. The lowest BCUT2D eigenvalue weighted by Gasteiger charge is -2.16. The Balaban J connectivity index is 3.37. The minimum absolute atomic E-state index is 0.166. The molecule has 0 heterocycles. The van der Waals surface area contributed by atoms with Gasteiger partial charge in [0.1, 0.15) is 6.10 Å². The minimum Gasteiger partial charge on any atom is -0.457 e. The zero-order valence-electron chi connectivity index (χ0n) is 34.9. The quantitative estimate of drug-likeness (QED) is 0.0387. The topological polar surface area (TPSA) is 55.8 Å². The molecule has 0 spiro atoms. The highest BCUT2D eigenvalue weighted by molar-refractivity contribution is 5.69. The number of esters is 1. The molecule has 0 aromatic rings. The molecule has 0 saturated heterocycles. The second-order valence-corrected chi connectivity index (χ2v) is 15.8. The van der Waals surface area contributed by atoms with Gasteiger partial charge in [-0.2, -0.15) is 0 Å². The summed E-state index contributed by atoms with van der Waals surface area (Å²) in [5.74, 6) is -0.197. The van der Waals surface area contributed by atoms with E-state index in [4.69, 9.17) is 9.47 Å². The molecule has 0 radical (unpaired) electrons. The van der Waals surface area contributed by atoms with Crippen LogP contribution in [0.1, 0.15) is 258 Å². The Morgan fingerprint density at radius 3 is 1.12 bits per heavy atom. The van der Waals surface area contributed by atoms with E-state index in [9.17, 15) is 9.90 Å². The number of hydrogen-bond donors (Lipinski definition) is 1. The molecule has 1 atom stereocenters. The number of carbonyl (C=O) groups excluding carboxylic acids is 1. The Morgan fingerprint density at radius 2 is 0.765 bits per heavy atom. The third-order valence-corrected chi connectivity index (χ3v) is 10.6. The summed E-state index contributed by atoms with van der Waals surface area (Å²) in [4.78, 5) is 12.2. The third kappa shape index (κ3) is 43.4. The fourth-order valence-electron chi connectivity index (χ4n) is 7.09. The first-order valence-corrected chi connectivity index (χ1v) is 23.3. The van der Waals surface area contributed by atoms with Crippen molar-refractivity contribution in [1.82, 2.24) is 0 Å². The summed E-state index contributed by atoms with van der Waals surface area (Å²) in [5.41, 5.74) is 0. The van der Waals surface area contributed by atoms with Gasteiger partial charge in [-0.05, 0) is 38.5 Å². The number of unbranched alkanes of at least 4 members (excludes halogenated alkanes) is 34. The highest BCUT2D eigenvalue weighted by Gasteiger charge is 2.13. The molecule has 0 aromatic carbocycles. The molecule has 0 bridgehead atoms. The number of aliphatic hydroxyl groups is 1. The monoisotopic (exact) mass is 721 g/mol. The second kappa shape index (κ2) is 45.3. The molecule has 0 rings (SSSR count). The van der Waals surface area contributed by atoms with Crippen molar-refractivity contribution in [3.63, 3.8) is 0 Å². The van der Waals surface area contributed by atoms with Gasteiger partial charge in [0, 0.05) is 13.0 Å². The molecule has 0 amide bonds. The summed E-state index contributed by atoms with van der Waals surface area (Å²) >= 11 is 0. The Hall–Kier alpha value is -0.870. The van der Waals surface area contributed by atoms with Crippen molar-refractivity contribution in [2.45, 2.75) is 264 Å². The molecule has 4 nitrogen and oxygen atoms in total. The highest BCUT2D eigenvalue weighted by Crippen LogP contribution is 2.16. The van der Waals surface area contributed by atoms with Crippen molar-refractivity contribution in [2.75, 3.05) is 19.8 Å². The second-order valence-electron chi connectivity index (χ2n) is 15.8. The summed E-state index contributed by atoms with van der Waals surface area (Å²) in [6.45, 7) is 5.40. The van der Waals surface area contributed by atoms with E-state index in [0.29, 0.717) is 19.6 Å². The molecule has 51 heavy (non-hydrogen) atoms. The molecule has 0 fully saturated rings. The van der Waals surface area contributed by atoms with E-state index in [0.717, 1.165) is 19.3 Å². The van der Waals surface area contributed by atoms with Gasteiger partial charge >= 0.3 is 5.97 Å². The van der Waals surface area contributed by atoms with Crippen molar-refractivity contribution in [3.05, 3.63) is 12.2 Å². The van der Waals surface area contributed by atoms with Crippen LogP contribution in [0, 0.1) is 0 Å². The number of hydrogen-bond acceptors (Lipinski definition) is 4. The van der Waals surface area contributed by atoms with Gasteiger partial charge < -0.3 is 14.6 Å². The molecule has 1 unspecified atom stereocenters. The van der Waals surface area contributed by atoms with Crippen LogP contribution in [0.15, 0.2) is 12.2 Å². The van der Waals surface area contributed by atoms with E-state index < -0.39 is 6.10 Å². The molecule has 304 valence electrons. The average molecular weight is 721 g/mol. The van der Waals surface area contributed by atoms with Gasteiger partial charge in [-0.1, -0.05) is 225 Å². The standard InChI is InChI=1S/C47H92O4/c1-3-5-7-9-11-13-15-17-19-21-23-24-25-26-28-30-32-34-36-38-40-42-47(49)51-46(44-48)45-50-43-41-39-37-35-33-31-29-27-22-20-18-16-14-12-10-8-6-4-2/h21,23,46,48H,3-20,22,24-45H2,1-2H3/b23-21-. The highest BCUT2D eigenvalue weighted by atomic mass is 16.6. The molecular weight excluding hydrogens is 629 g/mol. The van der Waals surface area contributed by atoms with Crippen LogP contribution in [0.4, 0.5) is 0 Å². The summed E-state index contributed by atoms with van der Waals surface area (Å²) in [6, 6.07) is 0. The van der Waals surface area contributed by atoms with Crippen LogP contribution in [0.2, 0.25) is 0 Å². The fraction of sp³-hybridized carbons (Fsp3) is 0.936. The van der Waals surface area contributed by atoms with Crippen LogP contribution in [-0.2, 0) is 14.3 Å². The van der Waals surface area contributed by atoms with E-state index in [-0.39, 0.29) is 12.6 Å². The number of aliphatic hydroxyl groups excluding tert-OH is 1. The molecule has 0 aromatic heterocycles. The SMILES string of the molecule is CCCCCCCCCC/C=C\CCCCCCCCCCCC(=O)OC(CO)COCCCCCCCCCCCCCCCCCCCC. The van der Waals surface area contributed by atoms with Crippen molar-refractivity contribution in [1.29, 1.82) is 0 Å². The average Bonchev–Trinajstić information content (AvgIpc) is 3.14. The number of rotatable bonds is 44. The first-order valence-electron chi connectivity index (χ1n) is 23.3. The summed E-state index contributed by atoms with van der Waals surface area (Å²) in [6.07, 6.45) is 54.3. The van der Waals surface area contributed by atoms with Crippen LogP contribution < -0.4 is 0 Å². The van der Waals surface area contributed by atoms with Gasteiger partial charge in [0.15, 0.2) is 0 Å². The maximum Gasteiger partial charge on any atom is 0.306 e. The van der Waals surface area contributed by atoms with Crippen LogP contribution in [-0.4, -0.2) is 37.0 Å². The number of carbonyl (C=O) groups is 1. The minimum atomic E-state index is -0.529. The van der Waals surface area contributed by atoms with Crippen molar-refractivity contribution < 1.29 is 19.4 Å². The Kier molecular flexibility index (Phi) is 44.5. The normalized spacial score (nSPS) is 12.3. The Morgan fingerprint density at radius 1 is 0.451 bits per heavy atom. The lowest BCUT2D eigenvalue weighted by molar-refractivity contribution is -0.154. The van der Waals surface area contributed by atoms with Crippen LogP contribution in [0.5, 0.6) is 0 Å². The lowest BCUT2D eigenvalue weighted by atomic mass is 10.0. The zero-order valence-corrected chi connectivity index (χ0v) is 34.9. The van der Waals surface area contributed by atoms with E-state index in [1.807, 2.05) is 0 Å². The predicted octanol–water partition coefficient (Wildman–Crippen LogP) is 15.3. The maximum atomic E-state index is 12.2. The molecular formula is C47H92O4. The van der Waals surface area contributed by atoms with E-state index in [1.54, 1.807) is 0 Å². The summed E-state index contributed by atoms with van der Waals surface area (Å²) in [7, 11) is 0. The maximum absolute atomic E-state index is 12.2. The molecule has 4 heteroatoms. The van der Waals surface area contributed by atoms with Crippen LogP contribution in [0.3, 0.4) is 0 Å². The Labute approximate surface area is 320 Å². The van der Waals surface area contributed by atoms with Crippen molar-refractivity contribution >= 4 is 5.97 Å². The summed E-state index contributed by atoms with van der Waals surface area (Å²) in [5, 5.41) is 9.62. The van der Waals surface area contributed by atoms with E-state index in [1.165, 1.54) is 218 Å². The van der Waals surface area contributed by atoms with E-state index >= 15 is 0 Å². The molecule has 1 N–H and O–H groups in total. The van der Waals surface area contributed by atoms with Crippen molar-refractivity contribution in [3.8, 4) is 0 Å². The largest absolute Gasteiger partial charge is 0.457 e. The fourth-order valence-corrected chi connectivity index (χ4v) is 7.09. The molecule has 0 saturated carbocycles. The Bertz CT molecular complexity index is 677. The summed E-state index contributed by atoms with van der Waals surface area (Å²) < 4.78 is 11.2. The van der Waals surface area contributed by atoms with Crippen LogP contribution in [0.25, 0.3) is 0 Å². The smallest absolute Gasteiger partial charge is 0.306 e. The number of allylic oxidation sites excluding steroid dienone is 2. The molecule has 0 aliphatic rings. The number of ether oxygens (including phenoxy) is 2. The third-order valence-electron chi connectivity index (χ3n) is 10.6. The predicted molar refractivity (Wildman–Crippen MR) is 224 cm³/mol. The molecule has 0 aliphatic heterocycles.